The predicted octanol–water partition coefficient (Wildman–Crippen LogP) is 3.81. The second kappa shape index (κ2) is 6.22. The monoisotopic (exact) mass is 327 g/mol. The lowest BCUT2D eigenvalue weighted by Gasteiger charge is -2.22. The minimum Gasteiger partial charge on any atom is -0.473 e. The molecular formula is C18H18ClN3O. The molecule has 4 rings (SSSR count). The first-order valence-corrected chi connectivity index (χ1v) is 8.30. The first-order chi connectivity index (χ1) is 11.3. The van der Waals surface area contributed by atoms with Gasteiger partial charge in [0.25, 0.3) is 0 Å². The van der Waals surface area contributed by atoms with Crippen molar-refractivity contribution < 1.29 is 4.74 Å². The Morgan fingerprint density at radius 3 is 2.57 bits per heavy atom. The summed E-state index contributed by atoms with van der Waals surface area (Å²) in [6.07, 6.45) is 2.26. The van der Waals surface area contributed by atoms with Gasteiger partial charge in [-0.3, -0.25) is 0 Å². The number of hydrogen-bond acceptors (Lipinski definition) is 3. The van der Waals surface area contributed by atoms with Crippen molar-refractivity contribution in [3.63, 3.8) is 0 Å². The summed E-state index contributed by atoms with van der Waals surface area (Å²) in [5.41, 5.74) is 2.02. The van der Waals surface area contributed by atoms with Crippen LogP contribution in [0.15, 0.2) is 48.5 Å². The van der Waals surface area contributed by atoms with Gasteiger partial charge in [0, 0.05) is 5.02 Å². The summed E-state index contributed by atoms with van der Waals surface area (Å²) in [6, 6.07) is 15.8. The summed E-state index contributed by atoms with van der Waals surface area (Å²) in [4.78, 5) is 0. The SMILES string of the molecule is Clc1ccc(-n2nc(OC3CCNCC3)c3ccccc32)cc1. The molecule has 0 atom stereocenters. The van der Waals surface area contributed by atoms with Crippen LogP contribution in [0.2, 0.25) is 5.02 Å². The summed E-state index contributed by atoms with van der Waals surface area (Å²) < 4.78 is 8.12. The topological polar surface area (TPSA) is 39.1 Å². The molecule has 1 saturated heterocycles. The number of piperidine rings is 1. The van der Waals surface area contributed by atoms with Gasteiger partial charge >= 0.3 is 0 Å². The van der Waals surface area contributed by atoms with Crippen LogP contribution in [0.3, 0.4) is 0 Å². The lowest BCUT2D eigenvalue weighted by molar-refractivity contribution is 0.157. The molecule has 0 radical (unpaired) electrons. The average molecular weight is 328 g/mol. The molecule has 0 aliphatic carbocycles. The lowest BCUT2D eigenvalue weighted by atomic mass is 10.1. The van der Waals surface area contributed by atoms with E-state index in [1.54, 1.807) is 0 Å². The molecule has 4 nitrogen and oxygen atoms in total. The van der Waals surface area contributed by atoms with Crippen molar-refractivity contribution >= 4 is 22.5 Å². The van der Waals surface area contributed by atoms with Gasteiger partial charge in [0.2, 0.25) is 5.88 Å². The fourth-order valence-corrected chi connectivity index (χ4v) is 3.10. The van der Waals surface area contributed by atoms with Crippen LogP contribution >= 0.6 is 11.6 Å². The standard InChI is InChI=1S/C18H18ClN3O/c19-13-5-7-14(8-6-13)22-17-4-2-1-3-16(17)18(21-22)23-15-9-11-20-12-10-15/h1-8,15,20H,9-12H2. The molecule has 0 amide bonds. The molecule has 1 aliphatic rings. The summed E-state index contributed by atoms with van der Waals surface area (Å²) in [5.74, 6) is 0.711. The molecule has 2 heterocycles. The van der Waals surface area contributed by atoms with Gasteiger partial charge in [-0.05, 0) is 62.3 Å². The smallest absolute Gasteiger partial charge is 0.241 e. The zero-order chi connectivity index (χ0) is 15.6. The fourth-order valence-electron chi connectivity index (χ4n) is 2.98. The highest BCUT2D eigenvalue weighted by Gasteiger charge is 2.19. The first-order valence-electron chi connectivity index (χ1n) is 7.92. The number of benzene rings is 2. The quantitative estimate of drug-likeness (QED) is 0.795. The molecule has 1 fully saturated rings. The van der Waals surface area contributed by atoms with Crippen LogP contribution in [0.25, 0.3) is 16.6 Å². The summed E-state index contributed by atoms with van der Waals surface area (Å²) in [5, 5.41) is 9.83. The predicted molar refractivity (Wildman–Crippen MR) is 92.6 cm³/mol. The van der Waals surface area contributed by atoms with Gasteiger partial charge in [0.15, 0.2) is 0 Å². The normalized spacial score (nSPS) is 15.9. The third-order valence-corrected chi connectivity index (χ3v) is 4.44. The lowest BCUT2D eigenvalue weighted by Crippen LogP contribution is -2.34. The van der Waals surface area contributed by atoms with Crippen molar-refractivity contribution in [2.75, 3.05) is 13.1 Å². The molecule has 118 valence electrons. The van der Waals surface area contributed by atoms with Crippen molar-refractivity contribution in [2.45, 2.75) is 18.9 Å². The molecule has 0 bridgehead atoms. The second-order valence-corrected chi connectivity index (χ2v) is 6.21. The van der Waals surface area contributed by atoms with Crippen LogP contribution in [0.1, 0.15) is 12.8 Å². The van der Waals surface area contributed by atoms with Crippen LogP contribution in [0.5, 0.6) is 5.88 Å². The third kappa shape index (κ3) is 2.92. The molecule has 0 spiro atoms. The Morgan fingerprint density at radius 2 is 1.78 bits per heavy atom. The Kier molecular flexibility index (Phi) is 3.93. The molecule has 2 aromatic carbocycles. The summed E-state index contributed by atoms with van der Waals surface area (Å²) in [7, 11) is 0. The summed E-state index contributed by atoms with van der Waals surface area (Å²) >= 11 is 5.99. The van der Waals surface area contributed by atoms with Crippen molar-refractivity contribution in [1.82, 2.24) is 15.1 Å². The van der Waals surface area contributed by atoms with E-state index in [0.717, 1.165) is 47.5 Å². The van der Waals surface area contributed by atoms with E-state index >= 15 is 0 Å². The maximum Gasteiger partial charge on any atom is 0.241 e. The molecule has 1 N–H and O–H groups in total. The highest BCUT2D eigenvalue weighted by Crippen LogP contribution is 2.29. The van der Waals surface area contributed by atoms with Gasteiger partial charge in [-0.2, -0.15) is 0 Å². The van der Waals surface area contributed by atoms with E-state index in [4.69, 9.17) is 21.4 Å². The van der Waals surface area contributed by atoms with Crippen LogP contribution in [0.4, 0.5) is 0 Å². The van der Waals surface area contributed by atoms with E-state index in [1.165, 1.54) is 0 Å². The largest absolute Gasteiger partial charge is 0.473 e. The zero-order valence-electron chi connectivity index (χ0n) is 12.7. The zero-order valence-corrected chi connectivity index (χ0v) is 13.5. The molecule has 5 heteroatoms. The number of nitrogens with zero attached hydrogens (tertiary/aromatic N) is 2. The molecule has 0 saturated carbocycles. The highest BCUT2D eigenvalue weighted by atomic mass is 35.5. The third-order valence-electron chi connectivity index (χ3n) is 4.19. The molecule has 1 aromatic heterocycles. The highest BCUT2D eigenvalue weighted by molar-refractivity contribution is 6.30. The number of nitrogens with one attached hydrogen (secondary N) is 1. The van der Waals surface area contributed by atoms with Gasteiger partial charge in [0.05, 0.1) is 16.6 Å². The minimum absolute atomic E-state index is 0.230. The Morgan fingerprint density at radius 1 is 1.04 bits per heavy atom. The number of rotatable bonds is 3. The van der Waals surface area contributed by atoms with E-state index < -0.39 is 0 Å². The van der Waals surface area contributed by atoms with Gasteiger partial charge in [-0.1, -0.05) is 23.7 Å². The maximum atomic E-state index is 6.20. The fraction of sp³-hybridized carbons (Fsp3) is 0.278. The van der Waals surface area contributed by atoms with Gasteiger partial charge in [0.1, 0.15) is 6.10 Å². The number of hydrogen-bond donors (Lipinski definition) is 1. The van der Waals surface area contributed by atoms with E-state index in [-0.39, 0.29) is 6.10 Å². The van der Waals surface area contributed by atoms with Gasteiger partial charge in [-0.15, -0.1) is 5.10 Å². The minimum atomic E-state index is 0.230. The van der Waals surface area contributed by atoms with Gasteiger partial charge in [-0.25, -0.2) is 4.68 Å². The average Bonchev–Trinajstić information content (AvgIpc) is 2.95. The number of para-hydroxylation sites is 1. The Labute approximate surface area is 140 Å². The maximum absolute atomic E-state index is 6.20. The van der Waals surface area contributed by atoms with Crippen LogP contribution in [-0.4, -0.2) is 29.0 Å². The van der Waals surface area contributed by atoms with Crippen LogP contribution < -0.4 is 10.1 Å². The van der Waals surface area contributed by atoms with Gasteiger partial charge < -0.3 is 10.1 Å². The molecule has 23 heavy (non-hydrogen) atoms. The molecule has 0 unspecified atom stereocenters. The number of fused-ring (bicyclic) bond motifs is 1. The molecular weight excluding hydrogens is 310 g/mol. The number of halogens is 1. The van der Waals surface area contributed by atoms with Crippen LogP contribution in [-0.2, 0) is 0 Å². The number of aromatic nitrogens is 2. The Hall–Kier alpha value is -2.04. The second-order valence-electron chi connectivity index (χ2n) is 5.78. The molecule has 1 aliphatic heterocycles. The van der Waals surface area contributed by atoms with Crippen molar-refractivity contribution in [2.24, 2.45) is 0 Å². The Balaban J connectivity index is 1.75. The van der Waals surface area contributed by atoms with E-state index in [1.807, 2.05) is 41.1 Å². The Bertz CT molecular complexity index is 807. The first kappa shape index (κ1) is 14.5. The van der Waals surface area contributed by atoms with Crippen LogP contribution in [0, 0.1) is 0 Å². The summed E-state index contributed by atoms with van der Waals surface area (Å²) in [6.45, 7) is 2.00. The van der Waals surface area contributed by atoms with E-state index in [0.29, 0.717) is 5.88 Å². The van der Waals surface area contributed by atoms with E-state index in [9.17, 15) is 0 Å². The number of ether oxygens (including phenoxy) is 1. The molecule has 3 aromatic rings. The van der Waals surface area contributed by atoms with Crippen molar-refractivity contribution in [3.8, 4) is 11.6 Å². The van der Waals surface area contributed by atoms with E-state index in [2.05, 4.69) is 17.4 Å². The van der Waals surface area contributed by atoms with Crippen molar-refractivity contribution in [3.05, 3.63) is 53.6 Å². The van der Waals surface area contributed by atoms with Crippen molar-refractivity contribution in [1.29, 1.82) is 0 Å².